The topological polar surface area (TPSA) is 30.3 Å². The van der Waals surface area contributed by atoms with Gasteiger partial charge in [0.15, 0.2) is 0 Å². The Hall–Kier alpha value is -0.870. The fourth-order valence-corrected chi connectivity index (χ4v) is 3.00. The molecule has 2 rings (SSSR count). The molecule has 108 valence electrons. The third-order valence-corrected chi connectivity index (χ3v) is 3.88. The van der Waals surface area contributed by atoms with Gasteiger partial charge in [-0.15, -0.1) is 0 Å². The summed E-state index contributed by atoms with van der Waals surface area (Å²) >= 11 is 0. The smallest absolute Gasteiger partial charge is 0.122 e. The fraction of sp³-hybridized carbons (Fsp3) is 0.800. The summed E-state index contributed by atoms with van der Waals surface area (Å²) < 4.78 is 7.35. The van der Waals surface area contributed by atoms with E-state index in [-0.39, 0.29) is 0 Å². The molecule has 2 heterocycles. The molecule has 1 atom stereocenters. The standard InChI is InChI=1S/C15H27N3O/c1-13(2)10-14-4-6-17(11-14)12-15-16-5-7-18(15)8-9-19-3/h5,7,13-14H,4,6,8-12H2,1-3H3/t14-/m0/s1. The number of methoxy groups -OCH3 is 1. The van der Waals surface area contributed by atoms with Crippen molar-refractivity contribution in [2.24, 2.45) is 11.8 Å². The third-order valence-electron chi connectivity index (χ3n) is 3.88. The van der Waals surface area contributed by atoms with Gasteiger partial charge in [-0.1, -0.05) is 13.8 Å². The highest BCUT2D eigenvalue weighted by Crippen LogP contribution is 2.24. The lowest BCUT2D eigenvalue weighted by Gasteiger charge is -2.17. The van der Waals surface area contributed by atoms with Crippen LogP contribution in [-0.2, 0) is 17.8 Å². The van der Waals surface area contributed by atoms with Crippen molar-refractivity contribution in [3.63, 3.8) is 0 Å². The SMILES string of the molecule is COCCn1ccnc1CN1CC[C@@H](CC(C)C)C1. The van der Waals surface area contributed by atoms with E-state index in [1.54, 1.807) is 7.11 Å². The lowest BCUT2D eigenvalue weighted by atomic mass is 9.97. The number of ether oxygens (including phenoxy) is 1. The lowest BCUT2D eigenvalue weighted by molar-refractivity contribution is 0.184. The van der Waals surface area contributed by atoms with Crippen LogP contribution in [0, 0.1) is 11.8 Å². The van der Waals surface area contributed by atoms with Crippen LogP contribution in [0.5, 0.6) is 0 Å². The summed E-state index contributed by atoms with van der Waals surface area (Å²) in [6.07, 6.45) is 6.65. The largest absolute Gasteiger partial charge is 0.383 e. The van der Waals surface area contributed by atoms with Gasteiger partial charge in [0.2, 0.25) is 0 Å². The van der Waals surface area contributed by atoms with Crippen molar-refractivity contribution in [3.05, 3.63) is 18.2 Å². The third kappa shape index (κ3) is 4.32. The zero-order chi connectivity index (χ0) is 13.7. The second kappa shape index (κ2) is 7.06. The minimum absolute atomic E-state index is 0.749. The Morgan fingerprint density at radius 3 is 3.05 bits per heavy atom. The van der Waals surface area contributed by atoms with Gasteiger partial charge in [-0.2, -0.15) is 0 Å². The van der Waals surface area contributed by atoms with Gasteiger partial charge >= 0.3 is 0 Å². The summed E-state index contributed by atoms with van der Waals surface area (Å²) in [4.78, 5) is 7.02. The van der Waals surface area contributed by atoms with E-state index in [9.17, 15) is 0 Å². The van der Waals surface area contributed by atoms with Crippen LogP contribution < -0.4 is 0 Å². The number of hydrogen-bond acceptors (Lipinski definition) is 3. The van der Waals surface area contributed by atoms with Gasteiger partial charge in [-0.25, -0.2) is 4.98 Å². The Morgan fingerprint density at radius 2 is 2.32 bits per heavy atom. The van der Waals surface area contributed by atoms with Crippen LogP contribution in [0.15, 0.2) is 12.4 Å². The maximum Gasteiger partial charge on any atom is 0.122 e. The van der Waals surface area contributed by atoms with Gasteiger partial charge < -0.3 is 9.30 Å². The molecule has 0 radical (unpaired) electrons. The molecule has 0 aromatic carbocycles. The van der Waals surface area contributed by atoms with Gasteiger partial charge in [0, 0.05) is 32.6 Å². The average molecular weight is 265 g/mol. The molecule has 0 spiro atoms. The Morgan fingerprint density at radius 1 is 1.47 bits per heavy atom. The van der Waals surface area contributed by atoms with Crippen LogP contribution in [0.25, 0.3) is 0 Å². The summed E-state index contributed by atoms with van der Waals surface area (Å²) in [6.45, 7) is 9.71. The molecule has 1 aromatic heterocycles. The van der Waals surface area contributed by atoms with Gasteiger partial charge in [0.05, 0.1) is 13.2 Å². The molecule has 0 saturated carbocycles. The molecule has 0 unspecified atom stereocenters. The van der Waals surface area contributed by atoms with E-state index in [0.29, 0.717) is 0 Å². The second-order valence-corrected chi connectivity index (χ2v) is 6.05. The first-order valence-corrected chi connectivity index (χ1v) is 7.40. The van der Waals surface area contributed by atoms with Crippen molar-refractivity contribution in [2.45, 2.75) is 39.8 Å². The maximum absolute atomic E-state index is 5.14. The van der Waals surface area contributed by atoms with E-state index < -0.39 is 0 Å². The number of rotatable bonds is 7. The number of likely N-dealkylation sites (tertiary alicyclic amines) is 1. The van der Waals surface area contributed by atoms with E-state index in [0.717, 1.165) is 31.5 Å². The van der Waals surface area contributed by atoms with Gasteiger partial charge in [-0.3, -0.25) is 4.90 Å². The highest BCUT2D eigenvalue weighted by atomic mass is 16.5. The maximum atomic E-state index is 5.14. The first kappa shape index (κ1) is 14.5. The van der Waals surface area contributed by atoms with Crippen LogP contribution in [-0.4, -0.2) is 41.3 Å². The van der Waals surface area contributed by atoms with Crippen LogP contribution in [0.1, 0.15) is 32.5 Å². The predicted molar refractivity (Wildman–Crippen MR) is 76.9 cm³/mol. The number of imidazole rings is 1. The molecule has 4 heteroatoms. The fourth-order valence-electron chi connectivity index (χ4n) is 3.00. The predicted octanol–water partition coefficient (Wildman–Crippen LogP) is 2.40. The zero-order valence-corrected chi connectivity index (χ0v) is 12.5. The van der Waals surface area contributed by atoms with E-state index in [2.05, 4.69) is 34.5 Å². The molecule has 1 aliphatic rings. The van der Waals surface area contributed by atoms with Crippen LogP contribution in [0.2, 0.25) is 0 Å². The molecule has 4 nitrogen and oxygen atoms in total. The van der Waals surface area contributed by atoms with Crippen molar-refractivity contribution in [1.29, 1.82) is 0 Å². The van der Waals surface area contributed by atoms with Crippen molar-refractivity contribution in [1.82, 2.24) is 14.5 Å². The molecule has 0 bridgehead atoms. The minimum atomic E-state index is 0.749. The van der Waals surface area contributed by atoms with E-state index >= 15 is 0 Å². The minimum Gasteiger partial charge on any atom is -0.383 e. The first-order valence-electron chi connectivity index (χ1n) is 7.40. The van der Waals surface area contributed by atoms with Crippen molar-refractivity contribution in [2.75, 3.05) is 26.8 Å². The molecule has 0 amide bonds. The number of nitrogens with zero attached hydrogens (tertiary/aromatic N) is 3. The highest BCUT2D eigenvalue weighted by Gasteiger charge is 2.23. The van der Waals surface area contributed by atoms with E-state index in [1.807, 2.05) is 6.20 Å². The van der Waals surface area contributed by atoms with Crippen LogP contribution >= 0.6 is 0 Å². The Labute approximate surface area is 116 Å². The Kier molecular flexibility index (Phi) is 5.40. The molecule has 1 fully saturated rings. The zero-order valence-electron chi connectivity index (χ0n) is 12.5. The van der Waals surface area contributed by atoms with Crippen LogP contribution in [0.4, 0.5) is 0 Å². The molecule has 0 N–H and O–H groups in total. The molecule has 1 aromatic rings. The van der Waals surface area contributed by atoms with Crippen molar-refractivity contribution < 1.29 is 4.74 Å². The van der Waals surface area contributed by atoms with Crippen LogP contribution in [0.3, 0.4) is 0 Å². The number of aromatic nitrogens is 2. The molecule has 19 heavy (non-hydrogen) atoms. The Balaban J connectivity index is 1.83. The second-order valence-electron chi connectivity index (χ2n) is 6.05. The monoisotopic (exact) mass is 265 g/mol. The molecule has 1 saturated heterocycles. The molecular weight excluding hydrogens is 238 g/mol. The quantitative estimate of drug-likeness (QED) is 0.758. The van der Waals surface area contributed by atoms with Gasteiger partial charge in [0.25, 0.3) is 0 Å². The first-order chi connectivity index (χ1) is 9.19. The Bertz CT molecular complexity index is 375. The summed E-state index contributed by atoms with van der Waals surface area (Å²) in [7, 11) is 1.74. The van der Waals surface area contributed by atoms with Crippen molar-refractivity contribution >= 4 is 0 Å². The normalized spacial score (nSPS) is 20.5. The lowest BCUT2D eigenvalue weighted by Crippen LogP contribution is -2.23. The summed E-state index contributed by atoms with van der Waals surface area (Å²) in [5.41, 5.74) is 0. The summed E-state index contributed by atoms with van der Waals surface area (Å²) in [6, 6.07) is 0. The molecular formula is C15H27N3O. The molecule has 1 aliphatic heterocycles. The average Bonchev–Trinajstić information content (AvgIpc) is 2.96. The summed E-state index contributed by atoms with van der Waals surface area (Å²) in [5, 5.41) is 0. The highest BCUT2D eigenvalue weighted by molar-refractivity contribution is 4.93. The van der Waals surface area contributed by atoms with Gasteiger partial charge in [-0.05, 0) is 31.2 Å². The van der Waals surface area contributed by atoms with E-state index in [4.69, 9.17) is 4.74 Å². The molecule has 0 aliphatic carbocycles. The summed E-state index contributed by atoms with van der Waals surface area (Å²) in [5.74, 6) is 2.86. The van der Waals surface area contributed by atoms with E-state index in [1.165, 1.54) is 31.8 Å². The van der Waals surface area contributed by atoms with Gasteiger partial charge in [0.1, 0.15) is 5.82 Å². The van der Waals surface area contributed by atoms with Crippen molar-refractivity contribution in [3.8, 4) is 0 Å². The number of hydrogen-bond donors (Lipinski definition) is 0.